The molecule has 1 aromatic carbocycles. The Bertz CT molecular complexity index is 408. The van der Waals surface area contributed by atoms with E-state index >= 15 is 0 Å². The number of amides is 1. The first-order valence-electron chi connectivity index (χ1n) is 6.18. The first-order chi connectivity index (χ1) is 8.90. The minimum atomic E-state index is -0.430. The van der Waals surface area contributed by atoms with Gasteiger partial charge < -0.3 is 10.0 Å². The van der Waals surface area contributed by atoms with Crippen LogP contribution in [0.3, 0.4) is 0 Å². The largest absolute Gasteiger partial charge is 0.392 e. The molecule has 0 fully saturated rings. The summed E-state index contributed by atoms with van der Waals surface area (Å²) in [6.07, 6.45) is -0.430. The van der Waals surface area contributed by atoms with Crippen molar-refractivity contribution in [3.8, 4) is 0 Å². The number of carbonyl (C=O) groups is 1. The third-order valence-electron chi connectivity index (χ3n) is 2.91. The zero-order valence-electron chi connectivity index (χ0n) is 11.5. The fourth-order valence-corrected chi connectivity index (χ4v) is 2.31. The van der Waals surface area contributed by atoms with E-state index in [1.54, 1.807) is 31.0 Å². The van der Waals surface area contributed by atoms with Gasteiger partial charge in [-0.2, -0.15) is 0 Å². The summed E-state index contributed by atoms with van der Waals surface area (Å²) in [5, 5.41) is 9.38. The van der Waals surface area contributed by atoms with E-state index in [0.29, 0.717) is 12.3 Å². The van der Waals surface area contributed by atoms with Crippen LogP contribution in [0.4, 0.5) is 4.39 Å². The molecule has 0 aliphatic carbocycles. The molecule has 0 aliphatic heterocycles. The van der Waals surface area contributed by atoms with Crippen molar-refractivity contribution < 1.29 is 14.3 Å². The number of rotatable bonds is 6. The number of aliphatic hydroxyl groups excluding tert-OH is 1. The van der Waals surface area contributed by atoms with Crippen molar-refractivity contribution in [2.75, 3.05) is 12.8 Å². The van der Waals surface area contributed by atoms with E-state index in [2.05, 4.69) is 0 Å². The highest BCUT2D eigenvalue weighted by atomic mass is 32.2. The van der Waals surface area contributed by atoms with Gasteiger partial charge in [0.05, 0.1) is 11.9 Å². The highest BCUT2D eigenvalue weighted by molar-refractivity contribution is 8.00. The molecule has 1 aromatic rings. The predicted molar refractivity (Wildman–Crippen MR) is 76.5 cm³/mol. The average Bonchev–Trinajstić information content (AvgIpc) is 2.37. The van der Waals surface area contributed by atoms with Crippen molar-refractivity contribution in [1.82, 2.24) is 4.90 Å². The fraction of sp³-hybridized carbons (Fsp3) is 0.500. The lowest BCUT2D eigenvalue weighted by molar-refractivity contribution is -0.127. The number of halogens is 1. The zero-order valence-corrected chi connectivity index (χ0v) is 12.3. The Balaban J connectivity index is 2.42. The fourth-order valence-electron chi connectivity index (χ4n) is 1.40. The number of hydrogen-bond acceptors (Lipinski definition) is 3. The number of thioether (sulfide) groups is 1. The summed E-state index contributed by atoms with van der Waals surface area (Å²) in [6, 6.07) is 6.12. The maximum atomic E-state index is 12.8. The molecule has 0 saturated heterocycles. The van der Waals surface area contributed by atoms with Crippen LogP contribution in [-0.2, 0) is 11.3 Å². The normalized spacial score (nSPS) is 13.9. The SMILES string of the molecule is C[C@H](O)[C@@H](C)SCC(=O)N(C)Cc1ccc(F)cc1. The number of nitrogens with zero attached hydrogens (tertiary/aromatic N) is 1. The van der Waals surface area contributed by atoms with E-state index in [1.807, 2.05) is 6.92 Å². The minimum absolute atomic E-state index is 0.00169. The van der Waals surface area contributed by atoms with E-state index in [9.17, 15) is 14.3 Å². The summed E-state index contributed by atoms with van der Waals surface area (Å²) in [5.41, 5.74) is 0.894. The first-order valence-corrected chi connectivity index (χ1v) is 7.23. The van der Waals surface area contributed by atoms with Gasteiger partial charge in [0.2, 0.25) is 5.91 Å². The smallest absolute Gasteiger partial charge is 0.232 e. The lowest BCUT2D eigenvalue weighted by Crippen LogP contribution is -2.29. The second-order valence-electron chi connectivity index (χ2n) is 4.63. The van der Waals surface area contributed by atoms with Gasteiger partial charge in [0, 0.05) is 18.8 Å². The molecule has 0 bridgehead atoms. The molecule has 5 heteroatoms. The lowest BCUT2D eigenvalue weighted by Gasteiger charge is -2.19. The van der Waals surface area contributed by atoms with E-state index in [4.69, 9.17) is 0 Å². The molecule has 0 heterocycles. The Morgan fingerprint density at radius 2 is 1.95 bits per heavy atom. The van der Waals surface area contributed by atoms with Gasteiger partial charge in [0.25, 0.3) is 0 Å². The third-order valence-corrected chi connectivity index (χ3v) is 4.24. The summed E-state index contributed by atoms with van der Waals surface area (Å²) in [4.78, 5) is 13.5. The van der Waals surface area contributed by atoms with Crippen LogP contribution in [0.1, 0.15) is 19.4 Å². The van der Waals surface area contributed by atoms with Crippen molar-refractivity contribution in [2.45, 2.75) is 31.7 Å². The van der Waals surface area contributed by atoms with E-state index < -0.39 is 6.10 Å². The molecule has 1 amide bonds. The third kappa shape index (κ3) is 5.61. The summed E-state index contributed by atoms with van der Waals surface area (Å²) < 4.78 is 12.8. The van der Waals surface area contributed by atoms with Crippen LogP contribution in [0.5, 0.6) is 0 Å². The topological polar surface area (TPSA) is 40.5 Å². The molecule has 2 atom stereocenters. The molecule has 1 rings (SSSR count). The summed E-state index contributed by atoms with van der Waals surface area (Å²) in [7, 11) is 1.72. The van der Waals surface area contributed by atoms with Gasteiger partial charge in [-0.05, 0) is 24.6 Å². The van der Waals surface area contributed by atoms with Crippen molar-refractivity contribution in [3.05, 3.63) is 35.6 Å². The maximum Gasteiger partial charge on any atom is 0.232 e. The Morgan fingerprint density at radius 3 is 2.47 bits per heavy atom. The quantitative estimate of drug-likeness (QED) is 0.872. The number of carbonyl (C=O) groups excluding carboxylic acids is 1. The highest BCUT2D eigenvalue weighted by Crippen LogP contribution is 2.15. The molecule has 1 N–H and O–H groups in total. The van der Waals surface area contributed by atoms with Crippen molar-refractivity contribution >= 4 is 17.7 Å². The van der Waals surface area contributed by atoms with Crippen LogP contribution in [0.2, 0.25) is 0 Å². The second kappa shape index (κ2) is 7.50. The van der Waals surface area contributed by atoms with Gasteiger partial charge in [-0.15, -0.1) is 11.8 Å². The van der Waals surface area contributed by atoms with Crippen LogP contribution in [-0.4, -0.2) is 40.1 Å². The van der Waals surface area contributed by atoms with Crippen molar-refractivity contribution in [2.24, 2.45) is 0 Å². The summed E-state index contributed by atoms with van der Waals surface area (Å²) in [5.74, 6) is 0.0601. The van der Waals surface area contributed by atoms with E-state index in [0.717, 1.165) is 5.56 Å². The number of hydrogen-bond donors (Lipinski definition) is 1. The monoisotopic (exact) mass is 285 g/mol. The first kappa shape index (κ1) is 16.0. The van der Waals surface area contributed by atoms with Crippen molar-refractivity contribution in [3.63, 3.8) is 0 Å². The van der Waals surface area contributed by atoms with Gasteiger partial charge in [0.1, 0.15) is 5.82 Å². The molecule has 19 heavy (non-hydrogen) atoms. The summed E-state index contributed by atoms with van der Waals surface area (Å²) in [6.45, 7) is 4.07. The Morgan fingerprint density at radius 1 is 1.37 bits per heavy atom. The molecule has 0 aromatic heterocycles. The molecule has 0 spiro atoms. The highest BCUT2D eigenvalue weighted by Gasteiger charge is 2.14. The Labute approximate surface area is 117 Å². The summed E-state index contributed by atoms with van der Waals surface area (Å²) >= 11 is 1.43. The van der Waals surface area contributed by atoms with Gasteiger partial charge in [0.15, 0.2) is 0 Å². The zero-order chi connectivity index (χ0) is 14.4. The van der Waals surface area contributed by atoms with Gasteiger partial charge in [-0.25, -0.2) is 4.39 Å². The van der Waals surface area contributed by atoms with Crippen LogP contribution >= 0.6 is 11.8 Å². The van der Waals surface area contributed by atoms with Crippen LogP contribution in [0, 0.1) is 5.82 Å². The standard InChI is InChI=1S/C14H20FNO2S/c1-10(17)11(2)19-9-14(18)16(3)8-12-4-6-13(15)7-5-12/h4-7,10-11,17H,8-9H2,1-3H3/t10-,11+/m0/s1. The molecule has 0 radical (unpaired) electrons. The Hall–Kier alpha value is -1.07. The Kier molecular flexibility index (Phi) is 6.31. The second-order valence-corrected chi connectivity index (χ2v) is 6.00. The molecule has 106 valence electrons. The van der Waals surface area contributed by atoms with Crippen LogP contribution in [0.15, 0.2) is 24.3 Å². The predicted octanol–water partition coefficient (Wildman–Crippen LogP) is 2.29. The van der Waals surface area contributed by atoms with E-state index in [-0.39, 0.29) is 17.0 Å². The van der Waals surface area contributed by atoms with Crippen LogP contribution in [0.25, 0.3) is 0 Å². The number of aliphatic hydroxyl groups is 1. The lowest BCUT2D eigenvalue weighted by atomic mass is 10.2. The average molecular weight is 285 g/mol. The van der Waals surface area contributed by atoms with Gasteiger partial charge >= 0.3 is 0 Å². The van der Waals surface area contributed by atoms with Crippen molar-refractivity contribution in [1.29, 1.82) is 0 Å². The molecule has 0 aliphatic rings. The molecule has 3 nitrogen and oxygen atoms in total. The molecule has 0 saturated carbocycles. The maximum absolute atomic E-state index is 12.8. The van der Waals surface area contributed by atoms with Gasteiger partial charge in [-0.1, -0.05) is 19.1 Å². The van der Waals surface area contributed by atoms with Crippen LogP contribution < -0.4 is 0 Å². The van der Waals surface area contributed by atoms with E-state index in [1.165, 1.54) is 23.9 Å². The van der Waals surface area contributed by atoms with Gasteiger partial charge in [-0.3, -0.25) is 4.79 Å². The minimum Gasteiger partial charge on any atom is -0.392 e. The molecular formula is C14H20FNO2S. The molecular weight excluding hydrogens is 265 g/mol. The number of benzene rings is 1. The molecule has 0 unspecified atom stereocenters.